The number of thiophene rings is 1. The number of hydrogen-bond acceptors (Lipinski definition) is 4. The van der Waals surface area contributed by atoms with E-state index in [1.165, 1.54) is 29.5 Å². The Morgan fingerprint density at radius 1 is 1.18 bits per heavy atom. The van der Waals surface area contributed by atoms with Crippen LogP contribution in [-0.4, -0.2) is 0 Å². The molecule has 0 saturated carbocycles. The first kappa shape index (κ1) is 14.6. The average molecular weight is 326 g/mol. The van der Waals surface area contributed by atoms with Gasteiger partial charge in [-0.3, -0.25) is 0 Å². The average Bonchev–Trinajstić information content (AvgIpc) is 2.96. The molecule has 0 aliphatic heterocycles. The van der Waals surface area contributed by atoms with Crippen molar-refractivity contribution in [3.63, 3.8) is 0 Å². The normalized spacial score (nSPS) is 11.8. The van der Waals surface area contributed by atoms with Crippen molar-refractivity contribution < 1.29 is 22.3 Å². The van der Waals surface area contributed by atoms with Gasteiger partial charge in [-0.05, 0) is 23.6 Å². The van der Waals surface area contributed by atoms with Gasteiger partial charge in [0.25, 0.3) is 0 Å². The molecular weight excluding hydrogens is 317 g/mol. The van der Waals surface area contributed by atoms with E-state index in [1.807, 2.05) is 17.5 Å². The number of alkyl halides is 3. The molecular formula is C15H9F3O3S. The molecule has 2 heterocycles. The first-order valence-electron chi connectivity index (χ1n) is 6.24. The van der Waals surface area contributed by atoms with Gasteiger partial charge in [-0.25, -0.2) is 4.79 Å². The molecule has 0 unspecified atom stereocenters. The lowest BCUT2D eigenvalue weighted by molar-refractivity contribution is -0.136. The van der Waals surface area contributed by atoms with Gasteiger partial charge in [0.05, 0.1) is 5.56 Å². The van der Waals surface area contributed by atoms with Crippen LogP contribution in [0.25, 0.3) is 11.0 Å². The fourth-order valence-corrected chi connectivity index (χ4v) is 2.63. The third-order valence-electron chi connectivity index (χ3n) is 2.98. The molecule has 3 rings (SSSR count). The SMILES string of the molecule is O=c1cc(C(F)(F)F)c2ccc(OCc3cccs3)cc2o1. The number of hydrogen-bond donors (Lipinski definition) is 0. The molecule has 0 N–H and O–H groups in total. The maximum Gasteiger partial charge on any atom is 0.417 e. The van der Waals surface area contributed by atoms with E-state index in [0.717, 1.165) is 4.88 Å². The van der Waals surface area contributed by atoms with Crippen molar-refractivity contribution in [2.24, 2.45) is 0 Å². The van der Waals surface area contributed by atoms with Gasteiger partial charge in [0.1, 0.15) is 17.9 Å². The lowest BCUT2D eigenvalue weighted by Crippen LogP contribution is -2.11. The second-order valence-electron chi connectivity index (χ2n) is 4.50. The van der Waals surface area contributed by atoms with Gasteiger partial charge in [0.2, 0.25) is 0 Å². The second-order valence-corrected chi connectivity index (χ2v) is 5.54. The number of fused-ring (bicyclic) bond motifs is 1. The van der Waals surface area contributed by atoms with Crippen LogP contribution in [0.3, 0.4) is 0 Å². The zero-order chi connectivity index (χ0) is 15.7. The third kappa shape index (κ3) is 2.99. The molecule has 0 aliphatic rings. The quantitative estimate of drug-likeness (QED) is 0.668. The maximum absolute atomic E-state index is 12.9. The van der Waals surface area contributed by atoms with Gasteiger partial charge in [0.15, 0.2) is 0 Å². The highest BCUT2D eigenvalue weighted by molar-refractivity contribution is 7.09. The zero-order valence-corrected chi connectivity index (χ0v) is 11.8. The van der Waals surface area contributed by atoms with E-state index in [9.17, 15) is 18.0 Å². The van der Waals surface area contributed by atoms with Crippen molar-refractivity contribution in [2.75, 3.05) is 0 Å². The van der Waals surface area contributed by atoms with E-state index in [2.05, 4.69) is 0 Å². The van der Waals surface area contributed by atoms with Gasteiger partial charge < -0.3 is 9.15 Å². The second kappa shape index (κ2) is 5.49. The molecule has 0 spiro atoms. The maximum atomic E-state index is 12.9. The lowest BCUT2D eigenvalue weighted by atomic mass is 10.1. The van der Waals surface area contributed by atoms with Crippen LogP contribution < -0.4 is 10.4 Å². The van der Waals surface area contributed by atoms with Crippen LogP contribution in [0.4, 0.5) is 13.2 Å². The predicted molar refractivity (Wildman–Crippen MR) is 76.1 cm³/mol. The van der Waals surface area contributed by atoms with Crippen molar-refractivity contribution >= 4 is 22.3 Å². The van der Waals surface area contributed by atoms with Crippen LogP contribution in [0.5, 0.6) is 5.75 Å². The van der Waals surface area contributed by atoms with E-state index >= 15 is 0 Å². The summed E-state index contributed by atoms with van der Waals surface area (Å²) in [6.07, 6.45) is -4.62. The fourth-order valence-electron chi connectivity index (χ4n) is 2.02. The van der Waals surface area contributed by atoms with E-state index in [-0.39, 0.29) is 11.0 Å². The van der Waals surface area contributed by atoms with Crippen molar-refractivity contribution in [1.29, 1.82) is 0 Å². The van der Waals surface area contributed by atoms with Crippen LogP contribution in [-0.2, 0) is 12.8 Å². The van der Waals surface area contributed by atoms with Gasteiger partial charge in [0, 0.05) is 22.4 Å². The van der Waals surface area contributed by atoms with Crippen LogP contribution in [0, 0.1) is 0 Å². The van der Waals surface area contributed by atoms with E-state index in [4.69, 9.17) is 9.15 Å². The van der Waals surface area contributed by atoms with E-state index in [0.29, 0.717) is 18.4 Å². The predicted octanol–water partition coefficient (Wildman–Crippen LogP) is 4.45. The summed E-state index contributed by atoms with van der Waals surface area (Å²) in [5.41, 5.74) is -2.21. The Labute approximate surface area is 126 Å². The molecule has 0 amide bonds. The summed E-state index contributed by atoms with van der Waals surface area (Å²) in [6, 6.07) is 8.16. The first-order chi connectivity index (χ1) is 10.4. The monoisotopic (exact) mass is 326 g/mol. The van der Waals surface area contributed by atoms with Gasteiger partial charge >= 0.3 is 11.8 Å². The molecule has 0 radical (unpaired) electrons. The molecule has 2 aromatic heterocycles. The Balaban J connectivity index is 1.98. The van der Waals surface area contributed by atoms with Gasteiger partial charge in [-0.15, -0.1) is 11.3 Å². The molecule has 7 heteroatoms. The number of ether oxygens (including phenoxy) is 1. The molecule has 0 fully saturated rings. The van der Waals surface area contributed by atoms with Gasteiger partial charge in [-0.2, -0.15) is 13.2 Å². The fraction of sp³-hybridized carbons (Fsp3) is 0.133. The van der Waals surface area contributed by atoms with Crippen LogP contribution >= 0.6 is 11.3 Å². The molecule has 22 heavy (non-hydrogen) atoms. The largest absolute Gasteiger partial charge is 0.488 e. The summed E-state index contributed by atoms with van der Waals surface area (Å²) in [6.45, 7) is 0.298. The summed E-state index contributed by atoms with van der Waals surface area (Å²) in [7, 11) is 0. The molecule has 0 saturated heterocycles. The summed E-state index contributed by atoms with van der Waals surface area (Å²) >= 11 is 1.51. The van der Waals surface area contributed by atoms with Crippen molar-refractivity contribution in [2.45, 2.75) is 12.8 Å². The third-order valence-corrected chi connectivity index (χ3v) is 3.83. The Hall–Kier alpha value is -2.28. The molecule has 1 aromatic carbocycles. The number of rotatable bonds is 3. The summed E-state index contributed by atoms with van der Waals surface area (Å²) in [4.78, 5) is 12.3. The molecule has 0 aliphatic carbocycles. The minimum absolute atomic E-state index is 0.150. The number of halogens is 3. The molecule has 0 atom stereocenters. The highest BCUT2D eigenvalue weighted by atomic mass is 32.1. The molecule has 3 aromatic rings. The Morgan fingerprint density at radius 2 is 2.00 bits per heavy atom. The summed E-state index contributed by atoms with van der Waals surface area (Å²) in [5.74, 6) is 0.336. The topological polar surface area (TPSA) is 39.4 Å². The van der Waals surface area contributed by atoms with Crippen molar-refractivity contribution in [1.82, 2.24) is 0 Å². The smallest absolute Gasteiger partial charge is 0.417 e. The highest BCUT2D eigenvalue weighted by Gasteiger charge is 2.33. The minimum atomic E-state index is -4.62. The zero-order valence-electron chi connectivity index (χ0n) is 11.0. The minimum Gasteiger partial charge on any atom is -0.488 e. The summed E-state index contributed by atoms with van der Waals surface area (Å²) < 4.78 is 49.1. The van der Waals surface area contributed by atoms with Crippen LogP contribution in [0.15, 0.2) is 51.0 Å². The lowest BCUT2D eigenvalue weighted by Gasteiger charge is -2.10. The number of benzene rings is 1. The Morgan fingerprint density at radius 3 is 2.68 bits per heavy atom. The molecule has 3 nitrogen and oxygen atoms in total. The standard InChI is InChI=1S/C15H9F3O3S/c16-15(17,18)12-7-14(19)21-13-6-9(3-4-11(12)13)20-8-10-2-1-5-22-10/h1-7H,8H2. The van der Waals surface area contributed by atoms with E-state index in [1.54, 1.807) is 0 Å². The van der Waals surface area contributed by atoms with Crippen LogP contribution in [0.1, 0.15) is 10.4 Å². The summed E-state index contributed by atoms with van der Waals surface area (Å²) in [5, 5.41) is 1.73. The highest BCUT2D eigenvalue weighted by Crippen LogP contribution is 2.34. The van der Waals surface area contributed by atoms with E-state index < -0.39 is 17.4 Å². The van der Waals surface area contributed by atoms with Crippen LogP contribution in [0.2, 0.25) is 0 Å². The molecule has 0 bridgehead atoms. The Bertz CT molecular complexity index is 851. The Kier molecular flexibility index (Phi) is 3.66. The van der Waals surface area contributed by atoms with Gasteiger partial charge in [-0.1, -0.05) is 6.07 Å². The first-order valence-corrected chi connectivity index (χ1v) is 7.12. The molecule has 114 valence electrons. The van der Waals surface area contributed by atoms with Crippen molar-refractivity contribution in [3.8, 4) is 5.75 Å². The van der Waals surface area contributed by atoms with Crippen molar-refractivity contribution in [3.05, 3.63) is 62.6 Å².